The molecule has 0 radical (unpaired) electrons. The number of H-pyrrole nitrogens is 1. The lowest BCUT2D eigenvalue weighted by atomic mass is 9.85. The van der Waals surface area contributed by atoms with E-state index in [2.05, 4.69) is 22.1 Å². The van der Waals surface area contributed by atoms with Gasteiger partial charge in [-0.05, 0) is 82.7 Å². The van der Waals surface area contributed by atoms with Crippen LogP contribution in [0.2, 0.25) is 5.02 Å². The maximum absolute atomic E-state index is 13.1. The summed E-state index contributed by atoms with van der Waals surface area (Å²) in [5.41, 5.74) is 4.10. The number of anilines is 1. The number of nitrogens with one attached hydrogen (secondary N) is 2. The summed E-state index contributed by atoms with van der Waals surface area (Å²) in [4.78, 5) is 41.7. The van der Waals surface area contributed by atoms with Crippen molar-refractivity contribution in [3.63, 3.8) is 0 Å². The Labute approximate surface area is 199 Å². The Balaban J connectivity index is 1.82. The molecule has 7 nitrogen and oxygen atoms in total. The fraction of sp³-hybridized carbons (Fsp3) is 0.480. The summed E-state index contributed by atoms with van der Waals surface area (Å²) in [5.74, 6) is -1.30. The van der Waals surface area contributed by atoms with Crippen LogP contribution in [0.1, 0.15) is 65.3 Å². The minimum atomic E-state index is -0.725. The average Bonchev–Trinajstić information content (AvgIpc) is 2.75. The maximum atomic E-state index is 13.1. The summed E-state index contributed by atoms with van der Waals surface area (Å²) in [6.45, 7) is 8.47. The summed E-state index contributed by atoms with van der Waals surface area (Å²) in [7, 11) is 0. The second-order valence-corrected chi connectivity index (χ2v) is 9.29. The van der Waals surface area contributed by atoms with Crippen LogP contribution in [0.5, 0.6) is 0 Å². The normalized spacial score (nSPS) is 18.1. The zero-order valence-electron chi connectivity index (χ0n) is 19.6. The van der Waals surface area contributed by atoms with Gasteiger partial charge in [0.2, 0.25) is 0 Å². The molecule has 0 bridgehead atoms. The highest BCUT2D eigenvalue weighted by Crippen LogP contribution is 2.34. The van der Waals surface area contributed by atoms with Crippen molar-refractivity contribution in [2.75, 3.05) is 11.4 Å². The summed E-state index contributed by atoms with van der Waals surface area (Å²) in [6, 6.07) is 5.60. The van der Waals surface area contributed by atoms with Crippen LogP contribution in [-0.2, 0) is 11.3 Å². The first-order valence-electron chi connectivity index (χ1n) is 11.4. The highest BCUT2D eigenvalue weighted by Gasteiger charge is 2.30. The van der Waals surface area contributed by atoms with Crippen LogP contribution in [0.15, 0.2) is 23.0 Å². The standard InChI is InChI=1S/C25H32ClN3O4/c1-5-29(19-8-6-17(7-9-19)25(32)33)22-12-18(26)11-20(16(22)4)23(30)27-13-21-14(2)10-15(3)28-24(21)31/h10-12,17,19H,5-9,13H2,1-4H3,(H,27,30)(H,28,31)(H,32,33). The molecule has 1 saturated carbocycles. The number of amides is 1. The van der Waals surface area contributed by atoms with Crippen molar-refractivity contribution >= 4 is 29.2 Å². The number of hydrogen-bond donors (Lipinski definition) is 3. The first kappa shape index (κ1) is 24.8. The van der Waals surface area contributed by atoms with Crippen molar-refractivity contribution in [3.05, 3.63) is 61.5 Å². The number of rotatable bonds is 7. The first-order chi connectivity index (χ1) is 15.6. The minimum absolute atomic E-state index is 0.123. The molecule has 2 aromatic rings. The topological polar surface area (TPSA) is 103 Å². The Bertz CT molecular complexity index is 1100. The number of hydrogen-bond acceptors (Lipinski definition) is 4. The van der Waals surface area contributed by atoms with Gasteiger partial charge in [-0.2, -0.15) is 0 Å². The highest BCUT2D eigenvalue weighted by molar-refractivity contribution is 6.31. The number of nitrogens with zero attached hydrogens (tertiary/aromatic N) is 1. The molecule has 33 heavy (non-hydrogen) atoms. The Hall–Kier alpha value is -2.80. The molecule has 1 aromatic heterocycles. The van der Waals surface area contributed by atoms with Crippen molar-refractivity contribution in [2.24, 2.45) is 5.92 Å². The molecule has 0 spiro atoms. The van der Waals surface area contributed by atoms with Gasteiger partial charge in [0, 0.05) is 46.7 Å². The second-order valence-electron chi connectivity index (χ2n) is 8.85. The molecule has 8 heteroatoms. The van der Waals surface area contributed by atoms with E-state index in [0.717, 1.165) is 41.9 Å². The van der Waals surface area contributed by atoms with E-state index in [4.69, 9.17) is 11.6 Å². The van der Waals surface area contributed by atoms with E-state index in [1.807, 2.05) is 32.9 Å². The molecule has 3 rings (SSSR count). The van der Waals surface area contributed by atoms with Crippen LogP contribution in [0.4, 0.5) is 5.69 Å². The number of carbonyl (C=O) groups excluding carboxylic acids is 1. The number of carbonyl (C=O) groups is 2. The number of pyridine rings is 1. The van der Waals surface area contributed by atoms with E-state index >= 15 is 0 Å². The van der Waals surface area contributed by atoms with Crippen LogP contribution in [0.25, 0.3) is 0 Å². The van der Waals surface area contributed by atoms with Gasteiger partial charge in [0.1, 0.15) is 0 Å². The Morgan fingerprint density at radius 3 is 2.39 bits per heavy atom. The van der Waals surface area contributed by atoms with Gasteiger partial charge < -0.3 is 20.3 Å². The molecular weight excluding hydrogens is 442 g/mol. The van der Waals surface area contributed by atoms with E-state index in [9.17, 15) is 19.5 Å². The zero-order valence-corrected chi connectivity index (χ0v) is 20.4. The third-order valence-electron chi connectivity index (χ3n) is 6.65. The number of carboxylic acids is 1. The summed E-state index contributed by atoms with van der Waals surface area (Å²) in [6.07, 6.45) is 2.86. The van der Waals surface area contributed by atoms with Gasteiger partial charge in [-0.3, -0.25) is 14.4 Å². The molecule has 1 amide bonds. The van der Waals surface area contributed by atoms with Crippen LogP contribution in [-0.4, -0.2) is 34.6 Å². The first-order valence-corrected chi connectivity index (χ1v) is 11.8. The molecule has 3 N–H and O–H groups in total. The average molecular weight is 474 g/mol. The summed E-state index contributed by atoms with van der Waals surface area (Å²) >= 11 is 6.42. The lowest BCUT2D eigenvalue weighted by Crippen LogP contribution is -2.40. The van der Waals surface area contributed by atoms with Crippen molar-refractivity contribution in [1.29, 1.82) is 0 Å². The van der Waals surface area contributed by atoms with Crippen LogP contribution in [0, 0.1) is 26.7 Å². The van der Waals surface area contributed by atoms with Gasteiger partial charge in [0.05, 0.1) is 5.92 Å². The number of aliphatic carboxylic acids is 1. The van der Waals surface area contributed by atoms with Gasteiger partial charge in [-0.25, -0.2) is 0 Å². The monoisotopic (exact) mass is 473 g/mol. The molecule has 1 aliphatic carbocycles. The quantitative estimate of drug-likeness (QED) is 0.554. The number of aryl methyl sites for hydroxylation is 2. The zero-order chi connectivity index (χ0) is 24.3. The second kappa shape index (κ2) is 10.4. The minimum Gasteiger partial charge on any atom is -0.481 e. The Morgan fingerprint density at radius 2 is 1.82 bits per heavy atom. The molecule has 1 aliphatic rings. The number of carboxylic acid groups (broad SMARTS) is 1. The van der Waals surface area contributed by atoms with E-state index in [0.29, 0.717) is 29.0 Å². The van der Waals surface area contributed by atoms with E-state index < -0.39 is 5.97 Å². The maximum Gasteiger partial charge on any atom is 0.306 e. The molecule has 1 fully saturated rings. The predicted molar refractivity (Wildman–Crippen MR) is 130 cm³/mol. The molecular formula is C25H32ClN3O4. The molecule has 1 aromatic carbocycles. The number of benzene rings is 1. The lowest BCUT2D eigenvalue weighted by Gasteiger charge is -2.38. The van der Waals surface area contributed by atoms with Crippen molar-refractivity contribution in [3.8, 4) is 0 Å². The lowest BCUT2D eigenvalue weighted by molar-refractivity contribution is -0.142. The van der Waals surface area contributed by atoms with Gasteiger partial charge in [0.15, 0.2) is 0 Å². The van der Waals surface area contributed by atoms with Gasteiger partial charge in [-0.1, -0.05) is 11.6 Å². The van der Waals surface area contributed by atoms with Crippen molar-refractivity contribution in [2.45, 2.75) is 66.0 Å². The van der Waals surface area contributed by atoms with E-state index in [1.54, 1.807) is 6.07 Å². The van der Waals surface area contributed by atoms with Crippen molar-refractivity contribution in [1.82, 2.24) is 10.3 Å². The van der Waals surface area contributed by atoms with Crippen LogP contribution < -0.4 is 15.8 Å². The number of halogens is 1. The molecule has 0 atom stereocenters. The van der Waals surface area contributed by atoms with Crippen LogP contribution in [0.3, 0.4) is 0 Å². The largest absolute Gasteiger partial charge is 0.481 e. The molecule has 0 unspecified atom stereocenters. The van der Waals surface area contributed by atoms with E-state index in [-0.39, 0.29) is 30.0 Å². The number of aromatic amines is 1. The number of aromatic nitrogens is 1. The SMILES string of the molecule is CCN(c1cc(Cl)cc(C(=O)NCc2c(C)cc(C)[nH]c2=O)c1C)C1CCC(C(=O)O)CC1. The Morgan fingerprint density at radius 1 is 1.15 bits per heavy atom. The van der Waals surface area contributed by atoms with E-state index in [1.165, 1.54) is 0 Å². The molecule has 178 valence electrons. The molecule has 1 heterocycles. The van der Waals surface area contributed by atoms with Crippen molar-refractivity contribution < 1.29 is 14.7 Å². The molecule has 0 saturated heterocycles. The van der Waals surface area contributed by atoms with Gasteiger partial charge in [-0.15, -0.1) is 0 Å². The third kappa shape index (κ3) is 5.58. The predicted octanol–water partition coefficient (Wildman–Crippen LogP) is 4.35. The summed E-state index contributed by atoms with van der Waals surface area (Å²) in [5, 5.41) is 12.6. The molecule has 0 aliphatic heterocycles. The summed E-state index contributed by atoms with van der Waals surface area (Å²) < 4.78 is 0. The highest BCUT2D eigenvalue weighted by atomic mass is 35.5. The van der Waals surface area contributed by atoms with Gasteiger partial charge >= 0.3 is 5.97 Å². The Kier molecular flexibility index (Phi) is 7.84. The fourth-order valence-electron chi connectivity index (χ4n) is 4.82. The van der Waals surface area contributed by atoms with Crippen LogP contribution >= 0.6 is 11.6 Å². The van der Waals surface area contributed by atoms with Gasteiger partial charge in [0.25, 0.3) is 11.5 Å². The third-order valence-corrected chi connectivity index (χ3v) is 6.86. The fourth-order valence-corrected chi connectivity index (χ4v) is 5.04. The smallest absolute Gasteiger partial charge is 0.306 e.